The second-order valence-electron chi connectivity index (χ2n) is 11.1. The molecule has 2 aliphatic carbocycles. The molecule has 0 spiro atoms. The van der Waals surface area contributed by atoms with Crippen LogP contribution >= 0.6 is 0 Å². The number of nitrogens with zero attached hydrogens (tertiary/aromatic N) is 3. The van der Waals surface area contributed by atoms with Gasteiger partial charge in [0.25, 0.3) is 0 Å². The van der Waals surface area contributed by atoms with Crippen molar-refractivity contribution in [1.29, 1.82) is 0 Å². The van der Waals surface area contributed by atoms with E-state index >= 15 is 0 Å². The van der Waals surface area contributed by atoms with Crippen LogP contribution in [0.4, 0.5) is 5.69 Å². The predicted molar refractivity (Wildman–Crippen MR) is 150 cm³/mol. The Bertz CT molecular complexity index is 1810. The molecule has 11 nitrogen and oxygen atoms in total. The van der Waals surface area contributed by atoms with Crippen LogP contribution in [0.5, 0.6) is 5.75 Å². The smallest absolute Gasteiger partial charge is 0.235 e. The third kappa shape index (κ3) is 3.62. The average Bonchev–Trinajstić information content (AvgIpc) is 3.35. The Kier molecular flexibility index (Phi) is 5.81. The highest BCUT2D eigenvalue weighted by molar-refractivity contribution is 6.33. The van der Waals surface area contributed by atoms with Gasteiger partial charge in [-0.05, 0) is 67.9 Å². The van der Waals surface area contributed by atoms with Crippen molar-refractivity contribution < 1.29 is 33.8 Å². The lowest BCUT2D eigenvalue weighted by Gasteiger charge is -2.48. The fourth-order valence-electron chi connectivity index (χ4n) is 6.33. The van der Waals surface area contributed by atoms with Crippen molar-refractivity contribution in [1.82, 2.24) is 9.88 Å². The Morgan fingerprint density at radius 1 is 1.07 bits per heavy atom. The highest BCUT2D eigenvalue weighted by Gasteiger charge is 2.66. The molecule has 1 unspecified atom stereocenters. The third-order valence-electron chi connectivity index (χ3n) is 8.33. The average molecular weight is 557 g/mol. The van der Waals surface area contributed by atoms with E-state index < -0.39 is 52.5 Å². The van der Waals surface area contributed by atoms with Gasteiger partial charge >= 0.3 is 0 Å². The van der Waals surface area contributed by atoms with E-state index in [1.807, 2.05) is 43.3 Å². The summed E-state index contributed by atoms with van der Waals surface area (Å²) < 4.78 is 6.10. The van der Waals surface area contributed by atoms with Gasteiger partial charge < -0.3 is 25.3 Å². The number of anilines is 1. The largest absolute Gasteiger partial charge is 0.506 e. The van der Waals surface area contributed by atoms with E-state index in [2.05, 4.69) is 4.98 Å². The van der Waals surface area contributed by atoms with E-state index in [0.717, 1.165) is 5.69 Å². The first-order valence-electron chi connectivity index (χ1n) is 13.0. The molecule has 4 atom stereocenters. The lowest BCUT2D eigenvalue weighted by atomic mass is 9.58. The number of fused-ring (bicyclic) bond motifs is 5. The van der Waals surface area contributed by atoms with Crippen molar-refractivity contribution in [2.24, 2.45) is 17.6 Å². The Morgan fingerprint density at radius 2 is 1.76 bits per heavy atom. The number of likely N-dealkylation sites (N-methyl/N-ethyl adjacent to an activating group) is 1. The van der Waals surface area contributed by atoms with Gasteiger partial charge in [0.1, 0.15) is 11.3 Å². The highest BCUT2D eigenvalue weighted by Crippen LogP contribution is 2.48. The molecule has 4 aromatic rings. The summed E-state index contributed by atoms with van der Waals surface area (Å²) >= 11 is 0. The van der Waals surface area contributed by atoms with Gasteiger partial charge in [0.15, 0.2) is 28.7 Å². The molecule has 1 amide bonds. The fraction of sp³-hybridized carbons (Fsp3) is 0.300. The van der Waals surface area contributed by atoms with E-state index in [4.69, 9.17) is 10.2 Å². The number of aromatic nitrogens is 1. The summed E-state index contributed by atoms with van der Waals surface area (Å²) in [4.78, 5) is 60.7. The van der Waals surface area contributed by atoms with E-state index in [1.54, 1.807) is 32.3 Å². The Balaban J connectivity index is 1.54. The number of amides is 1. The molecule has 1 heterocycles. The number of primary amides is 1. The summed E-state index contributed by atoms with van der Waals surface area (Å²) in [5.41, 5.74) is 5.08. The van der Waals surface area contributed by atoms with Gasteiger partial charge in [-0.1, -0.05) is 6.07 Å². The third-order valence-corrected chi connectivity index (χ3v) is 8.33. The number of carbonyl (C=O) groups excluding carboxylic acids is 4. The van der Waals surface area contributed by atoms with Gasteiger partial charge in [-0.25, -0.2) is 4.98 Å². The molecule has 2 aliphatic rings. The molecule has 0 aliphatic heterocycles. The number of Topliss-reactive ketones (excluding diaryl/α,β-unsaturated/α-hetero) is 3. The van der Waals surface area contributed by atoms with E-state index in [9.17, 15) is 29.4 Å². The summed E-state index contributed by atoms with van der Waals surface area (Å²) in [5.74, 6) is -7.71. The number of ketones is 3. The van der Waals surface area contributed by atoms with Gasteiger partial charge in [0, 0.05) is 31.3 Å². The second-order valence-corrected chi connectivity index (χ2v) is 11.1. The number of carbonyl (C=O) groups is 4. The first kappa shape index (κ1) is 26.6. The van der Waals surface area contributed by atoms with E-state index in [1.165, 1.54) is 4.90 Å². The number of hydrogen-bond donors (Lipinski definition) is 3. The molecule has 1 fully saturated rings. The van der Waals surface area contributed by atoms with Crippen LogP contribution in [-0.4, -0.2) is 83.2 Å². The first-order chi connectivity index (χ1) is 19.4. The lowest BCUT2D eigenvalue weighted by molar-refractivity contribution is -0.162. The van der Waals surface area contributed by atoms with Gasteiger partial charge in [0.2, 0.25) is 17.6 Å². The first-order valence-corrected chi connectivity index (χ1v) is 13.0. The van der Waals surface area contributed by atoms with E-state index in [-0.39, 0.29) is 23.0 Å². The minimum atomic E-state index is -2.74. The number of phenolic OH excluding ortho intramolecular Hbond substituents is 1. The van der Waals surface area contributed by atoms with Gasteiger partial charge in [-0.15, -0.1) is 0 Å². The molecule has 0 saturated heterocycles. The topological polar surface area (TPSA) is 167 Å². The number of aromatic hydroxyl groups is 1. The summed E-state index contributed by atoms with van der Waals surface area (Å²) in [6.07, 6.45) is -0.0786. The van der Waals surface area contributed by atoms with Crippen molar-refractivity contribution in [2.45, 2.75) is 18.1 Å². The zero-order valence-corrected chi connectivity index (χ0v) is 22.8. The van der Waals surface area contributed by atoms with Crippen molar-refractivity contribution in [3.8, 4) is 17.2 Å². The van der Waals surface area contributed by atoms with Crippen LogP contribution in [0.3, 0.4) is 0 Å². The SMILES string of the molecule is CN(C)c1ccc(-c2nc3ccc4cc5c(c(O)c4c3o2)C(=O)[C@]2(O)C(=O)C(C(N)=O)C(=O)[C@@H](N(C)C)[C@@H]2C5)cc1. The highest BCUT2D eigenvalue weighted by atomic mass is 16.4. The molecule has 11 heteroatoms. The molecule has 41 heavy (non-hydrogen) atoms. The molecule has 210 valence electrons. The molecular weight excluding hydrogens is 528 g/mol. The molecule has 3 aromatic carbocycles. The maximum absolute atomic E-state index is 14.0. The van der Waals surface area contributed by atoms with Crippen LogP contribution in [0.1, 0.15) is 15.9 Å². The molecule has 4 N–H and O–H groups in total. The Morgan fingerprint density at radius 3 is 2.37 bits per heavy atom. The lowest BCUT2D eigenvalue weighted by Crippen LogP contribution is -2.71. The summed E-state index contributed by atoms with van der Waals surface area (Å²) in [7, 11) is 6.97. The monoisotopic (exact) mass is 556 g/mol. The minimum Gasteiger partial charge on any atom is -0.506 e. The number of phenols is 1. The van der Waals surface area contributed by atoms with Crippen LogP contribution in [-0.2, 0) is 20.8 Å². The summed E-state index contributed by atoms with van der Waals surface area (Å²) in [6.45, 7) is 0. The molecule has 0 radical (unpaired) electrons. The minimum absolute atomic E-state index is 0.0786. The van der Waals surface area contributed by atoms with Crippen LogP contribution in [0.2, 0.25) is 0 Å². The van der Waals surface area contributed by atoms with Crippen LogP contribution in [0.15, 0.2) is 46.9 Å². The molecule has 1 aromatic heterocycles. The fourth-order valence-corrected chi connectivity index (χ4v) is 6.33. The van der Waals surface area contributed by atoms with Crippen LogP contribution < -0.4 is 10.6 Å². The Hall–Kier alpha value is -4.61. The molecular formula is C30H28N4O7. The maximum Gasteiger partial charge on any atom is 0.235 e. The summed E-state index contributed by atoms with van der Waals surface area (Å²) in [6, 6.07) is 11.6. The van der Waals surface area contributed by atoms with Gasteiger partial charge in [-0.2, -0.15) is 0 Å². The normalized spacial score (nSPS) is 24.1. The second kappa shape index (κ2) is 8.95. The molecule has 6 rings (SSSR count). The van der Waals surface area contributed by atoms with Crippen LogP contribution in [0.25, 0.3) is 33.3 Å². The van der Waals surface area contributed by atoms with Crippen molar-refractivity contribution >= 4 is 50.8 Å². The zero-order valence-electron chi connectivity index (χ0n) is 22.8. The quantitative estimate of drug-likeness (QED) is 0.315. The van der Waals surface area contributed by atoms with Crippen molar-refractivity contribution in [3.05, 3.63) is 53.6 Å². The van der Waals surface area contributed by atoms with Crippen molar-refractivity contribution in [2.75, 3.05) is 33.1 Å². The number of rotatable bonds is 4. The number of nitrogens with two attached hydrogens (primary N) is 1. The number of aliphatic hydroxyl groups is 1. The zero-order chi connectivity index (χ0) is 29.5. The number of hydrogen-bond acceptors (Lipinski definition) is 10. The predicted octanol–water partition coefficient (Wildman–Crippen LogP) is 1.69. The van der Waals surface area contributed by atoms with Crippen LogP contribution in [0, 0.1) is 11.8 Å². The van der Waals surface area contributed by atoms with Gasteiger partial charge in [0.05, 0.1) is 17.0 Å². The molecule has 0 bridgehead atoms. The standard InChI is InChI=1S/C30H28N4O7/c1-33(2)16-8-5-13(6-9-16)29-32-18-10-7-14-11-15-12-17-22(34(3)4)24(36)21(28(31)39)27(38)30(17,40)26(37)20(15)23(35)19(14)25(18)41-29/h5-11,17,21-22,35,40H,12H2,1-4H3,(H2,31,39)/t17-,21?,22-,30-/m0/s1. The summed E-state index contributed by atoms with van der Waals surface area (Å²) in [5, 5.41) is 24.0. The maximum atomic E-state index is 14.0. The Labute approximate surface area is 234 Å². The number of benzene rings is 3. The van der Waals surface area contributed by atoms with E-state index in [0.29, 0.717) is 27.9 Å². The van der Waals surface area contributed by atoms with Crippen molar-refractivity contribution in [3.63, 3.8) is 0 Å². The molecule has 1 saturated carbocycles. The van der Waals surface area contributed by atoms with Gasteiger partial charge in [-0.3, -0.25) is 24.1 Å². The number of oxazole rings is 1.